The molecule has 1 fully saturated rings. The highest BCUT2D eigenvalue weighted by atomic mass is 35.5. The maximum absolute atomic E-state index is 12.9. The van der Waals surface area contributed by atoms with Crippen molar-refractivity contribution in [3.05, 3.63) is 60.2 Å². The lowest BCUT2D eigenvalue weighted by Gasteiger charge is -2.17. The van der Waals surface area contributed by atoms with E-state index in [2.05, 4.69) is 4.74 Å². The van der Waals surface area contributed by atoms with Gasteiger partial charge in [-0.05, 0) is 29.8 Å². The Kier molecular flexibility index (Phi) is 7.42. The van der Waals surface area contributed by atoms with Crippen molar-refractivity contribution in [2.45, 2.75) is 16.9 Å². The lowest BCUT2D eigenvalue weighted by molar-refractivity contribution is -0.142. The number of hydrogen-bond acceptors (Lipinski definition) is 6. The van der Waals surface area contributed by atoms with Gasteiger partial charge in [-0.25, -0.2) is 13.2 Å². The Hall–Kier alpha value is -2.13. The highest BCUT2D eigenvalue weighted by molar-refractivity contribution is 7.89. The van der Waals surface area contributed by atoms with Crippen LogP contribution in [-0.4, -0.2) is 51.5 Å². The van der Waals surface area contributed by atoms with E-state index in [-0.39, 0.29) is 42.4 Å². The van der Waals surface area contributed by atoms with E-state index in [0.29, 0.717) is 12.3 Å². The van der Waals surface area contributed by atoms with Crippen molar-refractivity contribution in [3.63, 3.8) is 0 Å². The molecule has 3 rings (SSSR count). The van der Waals surface area contributed by atoms with E-state index < -0.39 is 16.0 Å². The first-order chi connectivity index (χ1) is 12.9. The maximum atomic E-state index is 12.9. The minimum Gasteiger partial charge on any atom is -0.482 e. The smallest absolute Gasteiger partial charge is 0.343 e. The standard InChI is InChI=1S/C19H22N2O5S.ClH/c1-25-19(22)13-26-15-7-9-16(10-8-15)27(23,24)21-11-17(18(20)12-21)14-5-3-2-4-6-14;/h2-10,17-18H,11-13,20H2,1H3;1H/t17-,18+;/m0./s1. The van der Waals surface area contributed by atoms with Crippen LogP contribution in [0.4, 0.5) is 0 Å². The maximum Gasteiger partial charge on any atom is 0.343 e. The van der Waals surface area contributed by atoms with Crippen LogP contribution in [0.5, 0.6) is 5.75 Å². The minimum atomic E-state index is -3.66. The molecule has 0 unspecified atom stereocenters. The molecule has 2 N–H and O–H groups in total. The Balaban J connectivity index is 0.00000280. The molecular formula is C19H23ClN2O5S. The number of nitrogens with two attached hydrogens (primary N) is 1. The quantitative estimate of drug-likeness (QED) is 0.707. The van der Waals surface area contributed by atoms with Crippen LogP contribution in [0.25, 0.3) is 0 Å². The molecule has 152 valence electrons. The molecule has 0 amide bonds. The molecule has 0 spiro atoms. The second-order valence-electron chi connectivity index (χ2n) is 6.34. The number of sulfonamides is 1. The topological polar surface area (TPSA) is 98.9 Å². The molecule has 1 heterocycles. The molecule has 2 atom stereocenters. The van der Waals surface area contributed by atoms with E-state index in [9.17, 15) is 13.2 Å². The molecule has 0 aromatic heterocycles. The van der Waals surface area contributed by atoms with Crippen molar-refractivity contribution in [2.75, 3.05) is 26.8 Å². The summed E-state index contributed by atoms with van der Waals surface area (Å²) in [4.78, 5) is 11.3. The first-order valence-electron chi connectivity index (χ1n) is 8.52. The van der Waals surface area contributed by atoms with Gasteiger partial charge in [-0.2, -0.15) is 4.31 Å². The lowest BCUT2D eigenvalue weighted by atomic mass is 9.95. The molecule has 2 aromatic rings. The van der Waals surface area contributed by atoms with Crippen molar-refractivity contribution < 1.29 is 22.7 Å². The summed E-state index contributed by atoms with van der Waals surface area (Å²) in [6.07, 6.45) is 0. The second-order valence-corrected chi connectivity index (χ2v) is 8.28. The van der Waals surface area contributed by atoms with Crippen LogP contribution in [0.2, 0.25) is 0 Å². The zero-order valence-corrected chi connectivity index (χ0v) is 17.0. The fourth-order valence-electron chi connectivity index (χ4n) is 3.10. The summed E-state index contributed by atoms with van der Waals surface area (Å²) in [5, 5.41) is 0. The minimum absolute atomic E-state index is 0. The molecule has 1 aliphatic rings. The third-order valence-corrected chi connectivity index (χ3v) is 6.45. The molecule has 1 aliphatic heterocycles. The van der Waals surface area contributed by atoms with Gasteiger partial charge in [0.1, 0.15) is 5.75 Å². The van der Waals surface area contributed by atoms with Gasteiger partial charge >= 0.3 is 5.97 Å². The Morgan fingerprint density at radius 1 is 1.11 bits per heavy atom. The van der Waals surface area contributed by atoms with Crippen LogP contribution < -0.4 is 10.5 Å². The van der Waals surface area contributed by atoms with Crippen molar-refractivity contribution in [1.29, 1.82) is 0 Å². The van der Waals surface area contributed by atoms with Gasteiger partial charge in [0.2, 0.25) is 10.0 Å². The van der Waals surface area contributed by atoms with E-state index in [0.717, 1.165) is 5.56 Å². The van der Waals surface area contributed by atoms with Gasteiger partial charge in [0, 0.05) is 25.0 Å². The third kappa shape index (κ3) is 4.82. The van der Waals surface area contributed by atoms with Crippen molar-refractivity contribution in [2.24, 2.45) is 5.73 Å². The summed E-state index contributed by atoms with van der Waals surface area (Å²) in [5.41, 5.74) is 7.25. The molecule has 1 saturated heterocycles. The fraction of sp³-hybridized carbons (Fsp3) is 0.316. The van der Waals surface area contributed by atoms with Crippen LogP contribution in [0, 0.1) is 0 Å². The van der Waals surface area contributed by atoms with E-state index >= 15 is 0 Å². The second kappa shape index (κ2) is 9.38. The van der Waals surface area contributed by atoms with Gasteiger partial charge in [0.05, 0.1) is 12.0 Å². The number of carbonyl (C=O) groups excluding carboxylic acids is 1. The molecule has 2 aromatic carbocycles. The molecule has 0 bridgehead atoms. The van der Waals surface area contributed by atoms with E-state index in [1.165, 1.54) is 35.7 Å². The van der Waals surface area contributed by atoms with Gasteiger partial charge in [-0.15, -0.1) is 12.4 Å². The highest BCUT2D eigenvalue weighted by Crippen LogP contribution is 2.30. The number of ether oxygens (including phenoxy) is 2. The number of hydrogen-bond donors (Lipinski definition) is 1. The number of carbonyl (C=O) groups is 1. The largest absolute Gasteiger partial charge is 0.482 e. The SMILES string of the molecule is COC(=O)COc1ccc(S(=O)(=O)N2C[C@@H](N)[C@H](c3ccccc3)C2)cc1.Cl. The summed E-state index contributed by atoms with van der Waals surface area (Å²) in [6.45, 7) is 0.374. The normalized spacial score (nSPS) is 19.6. The first kappa shape index (κ1) is 22.2. The van der Waals surface area contributed by atoms with Crippen molar-refractivity contribution >= 4 is 28.4 Å². The van der Waals surface area contributed by atoms with Gasteiger partial charge < -0.3 is 15.2 Å². The van der Waals surface area contributed by atoms with Gasteiger partial charge in [-0.3, -0.25) is 0 Å². The zero-order valence-electron chi connectivity index (χ0n) is 15.4. The molecule has 0 saturated carbocycles. The number of esters is 1. The Labute approximate surface area is 170 Å². The molecule has 9 heteroatoms. The van der Waals surface area contributed by atoms with Crippen LogP contribution >= 0.6 is 12.4 Å². The monoisotopic (exact) mass is 426 g/mol. The van der Waals surface area contributed by atoms with Gasteiger partial charge in [0.15, 0.2) is 6.61 Å². The third-order valence-electron chi connectivity index (χ3n) is 4.61. The van der Waals surface area contributed by atoms with Crippen LogP contribution in [0.1, 0.15) is 11.5 Å². The van der Waals surface area contributed by atoms with E-state index in [1.54, 1.807) is 0 Å². The summed E-state index contributed by atoms with van der Waals surface area (Å²) >= 11 is 0. The van der Waals surface area contributed by atoms with E-state index in [4.69, 9.17) is 10.5 Å². The summed E-state index contributed by atoms with van der Waals surface area (Å²) < 4.78 is 37.0. The molecular weight excluding hydrogens is 404 g/mol. The Morgan fingerprint density at radius 2 is 1.75 bits per heavy atom. The predicted octanol–water partition coefficient (Wildman–Crippen LogP) is 1.78. The lowest BCUT2D eigenvalue weighted by Crippen LogP contribution is -2.32. The number of halogens is 1. The number of rotatable bonds is 6. The number of benzene rings is 2. The Bertz CT molecular complexity index is 890. The van der Waals surface area contributed by atoms with Crippen molar-refractivity contribution in [1.82, 2.24) is 4.31 Å². The summed E-state index contributed by atoms with van der Waals surface area (Å²) in [5.74, 6) is -0.159. The molecule has 7 nitrogen and oxygen atoms in total. The predicted molar refractivity (Wildman–Crippen MR) is 107 cm³/mol. The highest BCUT2D eigenvalue weighted by Gasteiger charge is 2.38. The van der Waals surface area contributed by atoms with Gasteiger partial charge in [-0.1, -0.05) is 30.3 Å². The average molecular weight is 427 g/mol. The van der Waals surface area contributed by atoms with E-state index in [1.807, 2.05) is 30.3 Å². The first-order valence-corrected chi connectivity index (χ1v) is 9.96. The van der Waals surface area contributed by atoms with Crippen molar-refractivity contribution in [3.8, 4) is 5.75 Å². The number of methoxy groups -OCH3 is 1. The molecule has 0 aliphatic carbocycles. The Morgan fingerprint density at radius 3 is 2.36 bits per heavy atom. The zero-order chi connectivity index (χ0) is 19.4. The average Bonchev–Trinajstić information content (AvgIpc) is 3.09. The van der Waals surface area contributed by atoms with Gasteiger partial charge in [0.25, 0.3) is 0 Å². The number of nitrogens with zero attached hydrogens (tertiary/aromatic N) is 1. The molecule has 0 radical (unpaired) electrons. The van der Waals surface area contributed by atoms with Crippen LogP contribution in [0.15, 0.2) is 59.5 Å². The summed E-state index contributed by atoms with van der Waals surface area (Å²) in [6, 6.07) is 15.4. The van der Waals surface area contributed by atoms with Crippen LogP contribution in [-0.2, 0) is 19.6 Å². The van der Waals surface area contributed by atoms with Crippen LogP contribution in [0.3, 0.4) is 0 Å². The summed E-state index contributed by atoms with van der Waals surface area (Å²) in [7, 11) is -2.39. The fourth-order valence-corrected chi connectivity index (χ4v) is 4.60. The molecule has 28 heavy (non-hydrogen) atoms.